The highest BCUT2D eigenvalue weighted by Crippen LogP contribution is 2.25. The van der Waals surface area contributed by atoms with E-state index >= 15 is 0 Å². The molecule has 132 valence electrons. The third kappa shape index (κ3) is 4.06. The number of nitrogens with one attached hydrogen (secondary N) is 2. The van der Waals surface area contributed by atoms with Crippen LogP contribution in [-0.2, 0) is 20.0 Å². The van der Waals surface area contributed by atoms with E-state index in [2.05, 4.69) is 9.44 Å². The number of thiophene rings is 2. The van der Waals surface area contributed by atoms with E-state index in [0.29, 0.717) is 12.8 Å². The number of sulfonamides is 2. The fraction of sp³-hybridized carbons (Fsp3) is 0.429. The fourth-order valence-corrected chi connectivity index (χ4v) is 7.40. The Morgan fingerprint density at radius 2 is 1.21 bits per heavy atom. The summed E-state index contributed by atoms with van der Waals surface area (Å²) in [5, 5.41) is 3.40. The quantitative estimate of drug-likeness (QED) is 0.770. The lowest BCUT2D eigenvalue weighted by atomic mass is 9.92. The maximum atomic E-state index is 12.4. The van der Waals surface area contributed by atoms with Crippen molar-refractivity contribution in [3.05, 3.63) is 35.0 Å². The molecule has 2 atom stereocenters. The molecule has 0 aromatic carbocycles. The molecule has 2 aromatic rings. The van der Waals surface area contributed by atoms with Crippen molar-refractivity contribution in [2.75, 3.05) is 0 Å². The molecule has 0 radical (unpaired) electrons. The molecule has 2 unspecified atom stereocenters. The standard InChI is InChI=1S/C14H18N2O4S4/c17-23(18,13-7-3-9-21-13)15-11-5-1-2-6-12(11)16-24(19,20)14-8-4-10-22-14/h3-4,7-12,15-16H,1-2,5-6H2. The van der Waals surface area contributed by atoms with Gasteiger partial charge in [-0.15, -0.1) is 22.7 Å². The van der Waals surface area contributed by atoms with Crippen molar-refractivity contribution >= 4 is 42.7 Å². The van der Waals surface area contributed by atoms with Crippen molar-refractivity contribution in [2.45, 2.75) is 46.2 Å². The zero-order valence-corrected chi connectivity index (χ0v) is 16.0. The summed E-state index contributed by atoms with van der Waals surface area (Å²) in [5.74, 6) is 0. The van der Waals surface area contributed by atoms with Crippen LogP contribution in [0.25, 0.3) is 0 Å². The Balaban J connectivity index is 1.77. The number of rotatable bonds is 6. The predicted molar refractivity (Wildman–Crippen MR) is 95.3 cm³/mol. The lowest BCUT2D eigenvalue weighted by Gasteiger charge is -2.32. The summed E-state index contributed by atoms with van der Waals surface area (Å²) in [6.07, 6.45) is 2.97. The van der Waals surface area contributed by atoms with Crippen LogP contribution in [0.3, 0.4) is 0 Å². The van der Waals surface area contributed by atoms with Crippen molar-refractivity contribution in [2.24, 2.45) is 0 Å². The van der Waals surface area contributed by atoms with Gasteiger partial charge >= 0.3 is 0 Å². The molecule has 1 aliphatic carbocycles. The molecule has 0 bridgehead atoms. The van der Waals surface area contributed by atoms with Gasteiger partial charge in [0.05, 0.1) is 0 Å². The Morgan fingerprint density at radius 3 is 1.54 bits per heavy atom. The second-order valence-electron chi connectivity index (χ2n) is 5.60. The fourth-order valence-electron chi connectivity index (χ4n) is 2.76. The van der Waals surface area contributed by atoms with Gasteiger partial charge in [0.15, 0.2) is 0 Å². The minimum absolute atomic E-state index is 0.243. The van der Waals surface area contributed by atoms with Gasteiger partial charge in [0.1, 0.15) is 8.42 Å². The maximum Gasteiger partial charge on any atom is 0.250 e. The molecule has 1 fully saturated rings. The Hall–Kier alpha value is -0.780. The lowest BCUT2D eigenvalue weighted by molar-refractivity contribution is 0.340. The normalized spacial score (nSPS) is 22.5. The number of hydrogen-bond acceptors (Lipinski definition) is 6. The summed E-state index contributed by atoms with van der Waals surface area (Å²) in [4.78, 5) is 0. The van der Waals surface area contributed by atoms with Crippen LogP contribution < -0.4 is 9.44 Å². The zero-order valence-electron chi connectivity index (χ0n) is 12.7. The van der Waals surface area contributed by atoms with Crippen molar-refractivity contribution in [3.63, 3.8) is 0 Å². The molecule has 3 rings (SSSR count). The molecular weight excluding hydrogens is 388 g/mol. The summed E-state index contributed by atoms with van der Waals surface area (Å²) in [6.45, 7) is 0. The molecule has 0 aliphatic heterocycles. The Bertz CT molecular complexity index is 784. The highest BCUT2D eigenvalue weighted by molar-refractivity contribution is 7.92. The second-order valence-corrected chi connectivity index (χ2v) is 11.4. The Labute approximate surface area is 150 Å². The van der Waals surface area contributed by atoms with E-state index in [1.165, 1.54) is 0 Å². The van der Waals surface area contributed by atoms with Crippen LogP contribution in [0.5, 0.6) is 0 Å². The molecule has 24 heavy (non-hydrogen) atoms. The Morgan fingerprint density at radius 1 is 0.792 bits per heavy atom. The first kappa shape index (κ1) is 18.0. The molecule has 10 heteroatoms. The highest BCUT2D eigenvalue weighted by Gasteiger charge is 2.33. The molecule has 2 heterocycles. The van der Waals surface area contributed by atoms with Gasteiger partial charge in [-0.2, -0.15) is 0 Å². The molecule has 1 aliphatic rings. The SMILES string of the molecule is O=S(=O)(NC1CCCCC1NS(=O)(=O)c1cccs1)c1cccs1. The van der Waals surface area contributed by atoms with Gasteiger partial charge in [-0.05, 0) is 35.7 Å². The van der Waals surface area contributed by atoms with Gasteiger partial charge in [-0.25, -0.2) is 26.3 Å². The average Bonchev–Trinajstić information content (AvgIpc) is 3.23. The van der Waals surface area contributed by atoms with Crippen molar-refractivity contribution in [3.8, 4) is 0 Å². The van der Waals surface area contributed by atoms with Crippen LogP contribution in [0.1, 0.15) is 25.7 Å². The molecule has 0 amide bonds. The van der Waals surface area contributed by atoms with E-state index in [1.807, 2.05) is 0 Å². The molecule has 1 saturated carbocycles. The maximum absolute atomic E-state index is 12.4. The minimum atomic E-state index is -3.62. The van der Waals surface area contributed by atoms with Gasteiger partial charge in [0.2, 0.25) is 20.0 Å². The first-order chi connectivity index (χ1) is 11.4. The Kier molecular flexibility index (Phi) is 5.42. The number of hydrogen-bond donors (Lipinski definition) is 2. The van der Waals surface area contributed by atoms with E-state index in [9.17, 15) is 16.8 Å². The van der Waals surface area contributed by atoms with E-state index in [0.717, 1.165) is 35.5 Å². The molecule has 2 aromatic heterocycles. The summed E-state index contributed by atoms with van der Waals surface area (Å²) in [5.41, 5.74) is 0. The summed E-state index contributed by atoms with van der Waals surface area (Å²) < 4.78 is 55.5. The molecular formula is C14H18N2O4S4. The third-order valence-electron chi connectivity index (χ3n) is 3.90. The lowest BCUT2D eigenvalue weighted by Crippen LogP contribution is -2.52. The smallest absolute Gasteiger partial charge is 0.206 e. The summed E-state index contributed by atoms with van der Waals surface area (Å²) >= 11 is 2.29. The third-order valence-corrected chi connectivity index (χ3v) is 9.67. The van der Waals surface area contributed by atoms with Crippen LogP contribution in [0.4, 0.5) is 0 Å². The predicted octanol–water partition coefficient (Wildman–Crippen LogP) is 2.38. The minimum Gasteiger partial charge on any atom is -0.206 e. The van der Waals surface area contributed by atoms with Crippen molar-refractivity contribution in [1.29, 1.82) is 0 Å². The van der Waals surface area contributed by atoms with Gasteiger partial charge in [-0.3, -0.25) is 0 Å². The van der Waals surface area contributed by atoms with Gasteiger partial charge in [0, 0.05) is 12.1 Å². The van der Waals surface area contributed by atoms with E-state index in [4.69, 9.17) is 0 Å². The monoisotopic (exact) mass is 406 g/mol. The van der Waals surface area contributed by atoms with Crippen LogP contribution in [0.15, 0.2) is 43.4 Å². The molecule has 0 spiro atoms. The zero-order chi connectivity index (χ0) is 17.2. The van der Waals surface area contributed by atoms with Crippen LogP contribution >= 0.6 is 22.7 Å². The van der Waals surface area contributed by atoms with Gasteiger partial charge in [-0.1, -0.05) is 25.0 Å². The summed E-state index contributed by atoms with van der Waals surface area (Å²) in [6, 6.07) is 5.55. The molecule has 6 nitrogen and oxygen atoms in total. The van der Waals surface area contributed by atoms with Gasteiger partial charge < -0.3 is 0 Å². The van der Waals surface area contributed by atoms with Crippen LogP contribution in [-0.4, -0.2) is 28.9 Å². The molecule has 2 N–H and O–H groups in total. The van der Waals surface area contributed by atoms with E-state index < -0.39 is 32.1 Å². The van der Waals surface area contributed by atoms with Crippen molar-refractivity contribution < 1.29 is 16.8 Å². The average molecular weight is 407 g/mol. The second kappa shape index (κ2) is 7.22. The molecule has 0 saturated heterocycles. The van der Waals surface area contributed by atoms with Crippen LogP contribution in [0.2, 0.25) is 0 Å². The van der Waals surface area contributed by atoms with Crippen molar-refractivity contribution in [1.82, 2.24) is 9.44 Å². The first-order valence-corrected chi connectivity index (χ1v) is 12.2. The largest absolute Gasteiger partial charge is 0.250 e. The topological polar surface area (TPSA) is 92.3 Å². The van der Waals surface area contributed by atoms with E-state index in [1.54, 1.807) is 35.0 Å². The highest BCUT2D eigenvalue weighted by atomic mass is 32.3. The van der Waals surface area contributed by atoms with Crippen LogP contribution in [0, 0.1) is 0 Å². The first-order valence-electron chi connectivity index (χ1n) is 7.50. The van der Waals surface area contributed by atoms with Gasteiger partial charge in [0.25, 0.3) is 0 Å². The summed E-state index contributed by atoms with van der Waals surface area (Å²) in [7, 11) is -7.25. The van der Waals surface area contributed by atoms with E-state index in [-0.39, 0.29) is 8.42 Å².